The van der Waals surface area contributed by atoms with Crippen LogP contribution in [-0.2, 0) is 0 Å². The van der Waals surface area contributed by atoms with Crippen LogP contribution in [0.2, 0.25) is 0 Å². The van der Waals surface area contributed by atoms with Crippen LogP contribution < -0.4 is 5.73 Å². The van der Waals surface area contributed by atoms with Crippen molar-refractivity contribution in [3.63, 3.8) is 0 Å². The van der Waals surface area contributed by atoms with E-state index in [9.17, 15) is 0 Å². The Bertz CT molecular complexity index is 153. The largest absolute Gasteiger partial charge is 0.330 e. The molecule has 2 atom stereocenters. The summed E-state index contributed by atoms with van der Waals surface area (Å²) >= 11 is 0. The Labute approximate surface area is 95.2 Å². The Kier molecular flexibility index (Phi) is 6.26. The van der Waals surface area contributed by atoms with E-state index in [4.69, 9.17) is 5.73 Å². The Morgan fingerprint density at radius 3 is 2.20 bits per heavy atom. The molecule has 1 aliphatic rings. The lowest BCUT2D eigenvalue weighted by Gasteiger charge is -2.39. The van der Waals surface area contributed by atoms with Gasteiger partial charge in [0.1, 0.15) is 0 Å². The third-order valence-corrected chi connectivity index (χ3v) is 3.66. The highest BCUT2D eigenvalue weighted by molar-refractivity contribution is 4.83. The molecule has 0 aromatic rings. The van der Waals surface area contributed by atoms with Gasteiger partial charge in [-0.2, -0.15) is 0 Å². The molecule has 0 aliphatic heterocycles. The monoisotopic (exact) mass is 212 g/mol. The van der Waals surface area contributed by atoms with Gasteiger partial charge in [0.05, 0.1) is 0 Å². The van der Waals surface area contributed by atoms with Crippen LogP contribution in [0.15, 0.2) is 0 Å². The highest BCUT2D eigenvalue weighted by Gasteiger charge is 2.28. The Morgan fingerprint density at radius 2 is 1.67 bits per heavy atom. The first-order chi connectivity index (χ1) is 7.33. The van der Waals surface area contributed by atoms with Gasteiger partial charge < -0.3 is 10.6 Å². The van der Waals surface area contributed by atoms with E-state index in [1.165, 1.54) is 51.6 Å². The van der Waals surface area contributed by atoms with Crippen molar-refractivity contribution in [1.29, 1.82) is 0 Å². The van der Waals surface area contributed by atoms with Crippen LogP contribution in [0.3, 0.4) is 0 Å². The molecule has 1 aliphatic carbocycles. The van der Waals surface area contributed by atoms with Gasteiger partial charge in [0.2, 0.25) is 0 Å². The molecule has 2 heteroatoms. The summed E-state index contributed by atoms with van der Waals surface area (Å²) in [5.74, 6) is 0.761. The van der Waals surface area contributed by atoms with Crippen molar-refractivity contribution < 1.29 is 0 Å². The van der Waals surface area contributed by atoms with Gasteiger partial charge in [-0.05, 0) is 51.2 Å². The van der Waals surface area contributed by atoms with E-state index in [-0.39, 0.29) is 0 Å². The average molecular weight is 212 g/mol. The minimum atomic E-state index is 0.761. The SMILES string of the molecule is CCCN(CCC)C1CCCCC1CN. The molecule has 0 radical (unpaired) electrons. The van der Waals surface area contributed by atoms with E-state index < -0.39 is 0 Å². The van der Waals surface area contributed by atoms with Crippen molar-refractivity contribution >= 4 is 0 Å². The van der Waals surface area contributed by atoms with Gasteiger partial charge in [0, 0.05) is 6.04 Å². The van der Waals surface area contributed by atoms with Gasteiger partial charge >= 0.3 is 0 Å². The lowest BCUT2D eigenvalue weighted by atomic mass is 9.83. The fourth-order valence-corrected chi connectivity index (χ4v) is 2.96. The first-order valence-electron chi connectivity index (χ1n) is 6.77. The average Bonchev–Trinajstić information content (AvgIpc) is 2.29. The number of hydrogen-bond acceptors (Lipinski definition) is 2. The summed E-state index contributed by atoms with van der Waals surface area (Å²) < 4.78 is 0. The molecular weight excluding hydrogens is 184 g/mol. The molecule has 0 amide bonds. The molecule has 0 aromatic heterocycles. The predicted molar refractivity (Wildman–Crippen MR) is 67.0 cm³/mol. The molecule has 2 unspecified atom stereocenters. The van der Waals surface area contributed by atoms with Crippen LogP contribution in [0.4, 0.5) is 0 Å². The molecule has 1 saturated carbocycles. The van der Waals surface area contributed by atoms with E-state index in [2.05, 4.69) is 18.7 Å². The highest BCUT2D eigenvalue weighted by atomic mass is 15.2. The summed E-state index contributed by atoms with van der Waals surface area (Å²) in [6.45, 7) is 7.96. The van der Waals surface area contributed by atoms with Crippen LogP contribution in [0.25, 0.3) is 0 Å². The Morgan fingerprint density at radius 1 is 1.07 bits per heavy atom. The van der Waals surface area contributed by atoms with Crippen molar-refractivity contribution in [2.75, 3.05) is 19.6 Å². The standard InChI is InChI=1S/C13H28N2/c1-3-9-15(10-4-2)13-8-6-5-7-12(13)11-14/h12-13H,3-11,14H2,1-2H3. The fourth-order valence-electron chi connectivity index (χ4n) is 2.96. The number of hydrogen-bond donors (Lipinski definition) is 1. The molecule has 2 N–H and O–H groups in total. The Balaban J connectivity index is 2.53. The molecule has 0 bridgehead atoms. The lowest BCUT2D eigenvalue weighted by molar-refractivity contribution is 0.107. The molecule has 90 valence electrons. The second-order valence-electron chi connectivity index (χ2n) is 4.88. The zero-order valence-electron chi connectivity index (χ0n) is 10.5. The van der Waals surface area contributed by atoms with Gasteiger partial charge in [0.15, 0.2) is 0 Å². The van der Waals surface area contributed by atoms with Crippen LogP contribution in [-0.4, -0.2) is 30.6 Å². The van der Waals surface area contributed by atoms with Crippen molar-refractivity contribution in [3.05, 3.63) is 0 Å². The third-order valence-electron chi connectivity index (χ3n) is 3.66. The van der Waals surface area contributed by atoms with Crippen LogP contribution in [0, 0.1) is 5.92 Å². The summed E-state index contributed by atoms with van der Waals surface area (Å²) in [5.41, 5.74) is 5.90. The number of nitrogens with two attached hydrogens (primary N) is 1. The summed E-state index contributed by atoms with van der Waals surface area (Å²) in [6.07, 6.45) is 8.07. The van der Waals surface area contributed by atoms with Crippen LogP contribution in [0.5, 0.6) is 0 Å². The summed E-state index contributed by atoms with van der Waals surface area (Å²) in [4.78, 5) is 2.69. The van der Waals surface area contributed by atoms with E-state index in [0.29, 0.717) is 0 Å². The molecular formula is C13H28N2. The second kappa shape index (κ2) is 7.24. The number of rotatable bonds is 6. The van der Waals surface area contributed by atoms with Gasteiger partial charge in [-0.15, -0.1) is 0 Å². The van der Waals surface area contributed by atoms with Crippen LogP contribution >= 0.6 is 0 Å². The van der Waals surface area contributed by atoms with Crippen molar-refractivity contribution in [3.8, 4) is 0 Å². The molecule has 2 nitrogen and oxygen atoms in total. The summed E-state index contributed by atoms with van der Waals surface area (Å²) in [5, 5.41) is 0. The van der Waals surface area contributed by atoms with Crippen LogP contribution in [0.1, 0.15) is 52.4 Å². The maximum atomic E-state index is 5.90. The molecule has 0 heterocycles. The third kappa shape index (κ3) is 3.76. The molecule has 15 heavy (non-hydrogen) atoms. The maximum absolute atomic E-state index is 5.90. The highest BCUT2D eigenvalue weighted by Crippen LogP contribution is 2.28. The van der Waals surface area contributed by atoms with Crippen molar-refractivity contribution in [2.24, 2.45) is 11.7 Å². The minimum Gasteiger partial charge on any atom is -0.330 e. The van der Waals surface area contributed by atoms with Gasteiger partial charge in [-0.1, -0.05) is 26.7 Å². The van der Waals surface area contributed by atoms with E-state index in [0.717, 1.165) is 18.5 Å². The predicted octanol–water partition coefficient (Wildman–Crippen LogP) is 2.63. The first-order valence-corrected chi connectivity index (χ1v) is 6.77. The lowest BCUT2D eigenvalue weighted by Crippen LogP contribution is -2.45. The van der Waals surface area contributed by atoms with Crippen molar-refractivity contribution in [2.45, 2.75) is 58.4 Å². The molecule has 0 aromatic carbocycles. The molecule has 1 fully saturated rings. The normalized spacial score (nSPS) is 27.2. The summed E-state index contributed by atoms with van der Waals surface area (Å²) in [6, 6.07) is 0.781. The minimum absolute atomic E-state index is 0.761. The van der Waals surface area contributed by atoms with E-state index in [1.807, 2.05) is 0 Å². The number of nitrogens with zero attached hydrogens (tertiary/aromatic N) is 1. The smallest absolute Gasteiger partial charge is 0.0135 e. The zero-order chi connectivity index (χ0) is 11.1. The van der Waals surface area contributed by atoms with E-state index in [1.54, 1.807) is 0 Å². The summed E-state index contributed by atoms with van der Waals surface area (Å²) in [7, 11) is 0. The molecule has 0 saturated heterocycles. The van der Waals surface area contributed by atoms with Gasteiger partial charge in [0.25, 0.3) is 0 Å². The second-order valence-corrected chi connectivity index (χ2v) is 4.88. The van der Waals surface area contributed by atoms with Crippen molar-refractivity contribution in [1.82, 2.24) is 4.90 Å². The maximum Gasteiger partial charge on any atom is 0.0135 e. The topological polar surface area (TPSA) is 29.3 Å². The zero-order valence-corrected chi connectivity index (χ0v) is 10.5. The molecule has 0 spiro atoms. The first kappa shape index (κ1) is 13.0. The van der Waals surface area contributed by atoms with E-state index >= 15 is 0 Å². The molecule has 1 rings (SSSR count). The quantitative estimate of drug-likeness (QED) is 0.733. The Hall–Kier alpha value is -0.0800. The fraction of sp³-hybridized carbons (Fsp3) is 1.00. The van der Waals surface area contributed by atoms with Gasteiger partial charge in [-0.25, -0.2) is 0 Å². The van der Waals surface area contributed by atoms with Gasteiger partial charge in [-0.3, -0.25) is 0 Å².